The van der Waals surface area contributed by atoms with E-state index in [1.165, 1.54) is 33.9 Å². The van der Waals surface area contributed by atoms with Gasteiger partial charge in [-0.2, -0.15) is 0 Å². The lowest BCUT2D eigenvalue weighted by molar-refractivity contribution is -0.114. The molecule has 0 fully saturated rings. The molecule has 0 bridgehead atoms. The second-order valence-corrected chi connectivity index (χ2v) is 10.9. The highest BCUT2D eigenvalue weighted by molar-refractivity contribution is 8.01. The topological polar surface area (TPSA) is 98.0 Å². The van der Waals surface area contributed by atoms with Crippen LogP contribution in [0.4, 0.5) is 11.4 Å². The van der Waals surface area contributed by atoms with E-state index in [4.69, 9.17) is 0 Å². The first-order chi connectivity index (χ1) is 18.9. The highest BCUT2D eigenvalue weighted by Gasteiger charge is 2.18. The molecule has 0 saturated heterocycles. The zero-order chi connectivity index (χ0) is 27.4. The minimum Gasteiger partial charge on any atom is -0.322 e. The maximum Gasteiger partial charge on any atom is 0.295 e. The first-order valence-corrected chi connectivity index (χ1v) is 13.9. The van der Waals surface area contributed by atoms with Gasteiger partial charge in [0.25, 0.3) is 5.56 Å². The van der Waals surface area contributed by atoms with Crippen LogP contribution >= 0.6 is 23.1 Å². The number of nitrogens with zero attached hydrogens (tertiary/aromatic N) is 3. The van der Waals surface area contributed by atoms with Crippen molar-refractivity contribution in [2.75, 3.05) is 16.4 Å². The molecule has 2 N–H and O–H groups in total. The van der Waals surface area contributed by atoms with Crippen LogP contribution in [0, 0.1) is 6.92 Å². The van der Waals surface area contributed by atoms with Crippen LogP contribution in [0.25, 0.3) is 22.0 Å². The maximum absolute atomic E-state index is 13.0. The molecule has 5 rings (SSSR count). The van der Waals surface area contributed by atoms with Crippen LogP contribution in [-0.4, -0.2) is 31.9 Å². The number of hydrogen-bond acceptors (Lipinski definition) is 6. The van der Waals surface area contributed by atoms with Gasteiger partial charge in [0.2, 0.25) is 11.8 Å². The normalized spacial score (nSPS) is 11.2. The lowest BCUT2D eigenvalue weighted by atomic mass is 10.2. The molecule has 10 heteroatoms. The quantitative estimate of drug-likeness (QED) is 0.195. The van der Waals surface area contributed by atoms with E-state index >= 15 is 0 Å². The summed E-state index contributed by atoms with van der Waals surface area (Å²) in [6, 6.07) is 24.4. The van der Waals surface area contributed by atoms with Crippen molar-refractivity contribution in [2.45, 2.75) is 11.3 Å². The van der Waals surface area contributed by atoms with Gasteiger partial charge in [-0.05, 0) is 48.9 Å². The lowest BCUT2D eigenvalue weighted by Crippen LogP contribution is -2.23. The number of anilines is 2. The number of thioether (sulfide) groups is 1. The number of fused-ring (bicyclic) bond motifs is 1. The van der Waals surface area contributed by atoms with Crippen molar-refractivity contribution in [2.24, 2.45) is 7.05 Å². The molecule has 2 amide bonds. The Morgan fingerprint density at radius 2 is 1.72 bits per heavy atom. The monoisotopic (exact) mass is 555 g/mol. The molecule has 0 saturated carbocycles. The van der Waals surface area contributed by atoms with Crippen LogP contribution < -0.4 is 16.2 Å². The van der Waals surface area contributed by atoms with Gasteiger partial charge in [-0.1, -0.05) is 60.3 Å². The smallest absolute Gasteiger partial charge is 0.295 e. The Morgan fingerprint density at radius 3 is 2.46 bits per heavy atom. The second-order valence-electron chi connectivity index (χ2n) is 8.67. The predicted molar refractivity (Wildman–Crippen MR) is 159 cm³/mol. The molecule has 0 aliphatic carbocycles. The van der Waals surface area contributed by atoms with E-state index in [9.17, 15) is 14.4 Å². The minimum atomic E-state index is -0.288. The van der Waals surface area contributed by atoms with Crippen LogP contribution in [0.2, 0.25) is 0 Å². The summed E-state index contributed by atoms with van der Waals surface area (Å²) in [5.74, 6) is -0.410. The van der Waals surface area contributed by atoms with E-state index in [1.807, 2.05) is 72.8 Å². The Balaban J connectivity index is 1.22. The second kappa shape index (κ2) is 11.5. The van der Waals surface area contributed by atoms with E-state index in [1.54, 1.807) is 30.8 Å². The summed E-state index contributed by atoms with van der Waals surface area (Å²) in [5.41, 5.74) is 3.75. The Kier molecular flexibility index (Phi) is 7.76. The van der Waals surface area contributed by atoms with Crippen molar-refractivity contribution in [3.8, 4) is 5.69 Å². The van der Waals surface area contributed by atoms with Gasteiger partial charge >= 0.3 is 0 Å². The fraction of sp³-hybridized carbons (Fsp3) is 0.103. The average Bonchev–Trinajstić information content (AvgIpc) is 3.45. The zero-order valence-corrected chi connectivity index (χ0v) is 22.9. The summed E-state index contributed by atoms with van der Waals surface area (Å²) >= 11 is 2.74. The first-order valence-electron chi connectivity index (χ1n) is 12.1. The summed E-state index contributed by atoms with van der Waals surface area (Å²) in [6.45, 7) is 1.80. The molecule has 2 aromatic heterocycles. The molecule has 0 radical (unpaired) electrons. The van der Waals surface area contributed by atoms with Gasteiger partial charge in [0.15, 0.2) is 4.34 Å². The van der Waals surface area contributed by atoms with E-state index in [0.29, 0.717) is 11.4 Å². The number of nitrogens with one attached hydrogen (secondary N) is 2. The number of carbonyl (C=O) groups excluding carboxylic acids is 2. The molecule has 196 valence electrons. The molecule has 0 atom stereocenters. The summed E-state index contributed by atoms with van der Waals surface area (Å²) in [6.07, 6.45) is 3.25. The molecule has 0 unspecified atom stereocenters. The third kappa shape index (κ3) is 6.02. The van der Waals surface area contributed by atoms with E-state index < -0.39 is 0 Å². The predicted octanol–water partition coefficient (Wildman–Crippen LogP) is 5.48. The fourth-order valence-corrected chi connectivity index (χ4v) is 5.89. The van der Waals surface area contributed by atoms with E-state index in [2.05, 4.69) is 15.6 Å². The highest BCUT2D eigenvalue weighted by Crippen LogP contribution is 2.31. The van der Waals surface area contributed by atoms with Crippen molar-refractivity contribution < 1.29 is 9.59 Å². The Labute approximate surface area is 233 Å². The molecule has 0 aliphatic heterocycles. The van der Waals surface area contributed by atoms with Crippen molar-refractivity contribution in [3.63, 3.8) is 0 Å². The summed E-state index contributed by atoms with van der Waals surface area (Å²) in [5, 5.41) is 5.65. The van der Waals surface area contributed by atoms with Crippen LogP contribution in [0.5, 0.6) is 0 Å². The van der Waals surface area contributed by atoms with Crippen LogP contribution in [0.1, 0.15) is 11.3 Å². The molecular weight excluding hydrogens is 530 g/mol. The minimum absolute atomic E-state index is 0.104. The number of carbonyl (C=O) groups is 2. The number of benzene rings is 3. The van der Waals surface area contributed by atoms with Gasteiger partial charge in [0.05, 0.1) is 27.4 Å². The van der Waals surface area contributed by atoms with Crippen molar-refractivity contribution in [1.29, 1.82) is 0 Å². The standard InChI is InChI=1S/C29H25N5O3S2/c1-19-27(28(37)34(33(19)2)22-11-7-4-8-12-22)32-26(36)18-38-29-31-23-15-14-21(17-24(23)39-29)30-25(35)16-13-20-9-5-3-6-10-20/h3-17H,18H2,1-2H3,(H,30,35)(H,32,36). The molecule has 0 spiro atoms. The number of para-hydroxylation sites is 1. The van der Waals surface area contributed by atoms with Crippen LogP contribution in [0.3, 0.4) is 0 Å². The SMILES string of the molecule is Cc1c(NC(=O)CSc2nc3ccc(NC(=O)C=Cc4ccccc4)cc3s2)c(=O)n(-c2ccccc2)n1C. The van der Waals surface area contributed by atoms with E-state index in [0.717, 1.165) is 25.8 Å². The zero-order valence-electron chi connectivity index (χ0n) is 21.3. The molecular formula is C29H25N5O3S2. The lowest BCUT2D eigenvalue weighted by Gasteiger charge is -2.07. The average molecular weight is 556 g/mol. The first kappa shape index (κ1) is 26.2. The molecule has 39 heavy (non-hydrogen) atoms. The molecule has 2 heterocycles. The Bertz CT molecular complexity index is 1740. The molecule has 3 aromatic carbocycles. The van der Waals surface area contributed by atoms with Gasteiger partial charge in [-0.3, -0.25) is 19.1 Å². The Hall–Kier alpha value is -4.41. The Morgan fingerprint density at radius 1 is 1.00 bits per heavy atom. The summed E-state index contributed by atoms with van der Waals surface area (Å²) < 4.78 is 4.87. The summed E-state index contributed by atoms with van der Waals surface area (Å²) in [4.78, 5) is 42.7. The van der Waals surface area contributed by atoms with Gasteiger partial charge in [0, 0.05) is 18.8 Å². The van der Waals surface area contributed by atoms with Crippen molar-refractivity contribution >= 4 is 62.6 Å². The molecule has 0 aliphatic rings. The van der Waals surface area contributed by atoms with Gasteiger partial charge in [0.1, 0.15) is 5.69 Å². The third-order valence-corrected chi connectivity index (χ3v) is 8.17. The third-order valence-electron chi connectivity index (χ3n) is 6.01. The van der Waals surface area contributed by atoms with Gasteiger partial charge < -0.3 is 10.6 Å². The number of rotatable bonds is 8. The highest BCUT2D eigenvalue weighted by atomic mass is 32.2. The number of amides is 2. The van der Waals surface area contributed by atoms with Crippen molar-refractivity contribution in [3.05, 3.63) is 107 Å². The van der Waals surface area contributed by atoms with E-state index in [-0.39, 0.29) is 28.8 Å². The fourth-order valence-electron chi connectivity index (χ4n) is 3.98. The molecule has 5 aromatic rings. The summed E-state index contributed by atoms with van der Waals surface area (Å²) in [7, 11) is 1.78. The van der Waals surface area contributed by atoms with Crippen LogP contribution in [-0.2, 0) is 16.6 Å². The number of aromatic nitrogens is 3. The number of thiazole rings is 1. The molecule has 8 nitrogen and oxygen atoms in total. The van der Waals surface area contributed by atoms with Crippen LogP contribution in [0.15, 0.2) is 94.1 Å². The largest absolute Gasteiger partial charge is 0.322 e. The van der Waals surface area contributed by atoms with Gasteiger partial charge in [-0.25, -0.2) is 9.67 Å². The van der Waals surface area contributed by atoms with Gasteiger partial charge in [-0.15, -0.1) is 11.3 Å². The van der Waals surface area contributed by atoms with Crippen molar-refractivity contribution in [1.82, 2.24) is 14.3 Å². The number of hydrogen-bond donors (Lipinski definition) is 2. The maximum atomic E-state index is 13.0.